The highest BCUT2D eigenvalue weighted by atomic mass is 16.5. The number of nitrogens with one attached hydrogen (secondary N) is 1. The summed E-state index contributed by atoms with van der Waals surface area (Å²) in [5.74, 6) is 2.67. The zero-order valence-electron chi connectivity index (χ0n) is 9.96. The van der Waals surface area contributed by atoms with Crippen molar-refractivity contribution < 1.29 is 4.74 Å². The normalized spacial score (nSPS) is 31.1. The molecule has 2 unspecified atom stereocenters. The van der Waals surface area contributed by atoms with Crippen LogP contribution in [0.5, 0.6) is 0 Å². The molecule has 1 N–H and O–H groups in total. The number of rotatable bonds is 5. The second-order valence-corrected chi connectivity index (χ2v) is 4.54. The third kappa shape index (κ3) is 5.20. The molecule has 2 heteroatoms. The Hall–Kier alpha value is -0.520. The molecule has 1 fully saturated rings. The lowest BCUT2D eigenvalue weighted by Gasteiger charge is -2.32. The first-order valence-electron chi connectivity index (χ1n) is 6.04. The van der Waals surface area contributed by atoms with E-state index in [9.17, 15) is 0 Å². The molecule has 2 atom stereocenters. The topological polar surface area (TPSA) is 21.3 Å². The van der Waals surface area contributed by atoms with Crippen LogP contribution in [0, 0.1) is 12.3 Å². The summed E-state index contributed by atoms with van der Waals surface area (Å²) in [4.78, 5) is 0. The number of ether oxygens (including phenoxy) is 1. The quantitative estimate of drug-likeness (QED) is 0.554. The molecular formula is C13H23NO. The largest absolute Gasteiger partial charge is 0.375 e. The zero-order chi connectivity index (χ0) is 11.1. The summed E-state index contributed by atoms with van der Waals surface area (Å²) in [6.07, 6.45) is 11.5. The van der Waals surface area contributed by atoms with E-state index in [4.69, 9.17) is 11.2 Å². The maximum Gasteiger partial charge on any atom is 0.0565 e. The molecule has 1 heterocycles. The summed E-state index contributed by atoms with van der Waals surface area (Å²) >= 11 is 0. The van der Waals surface area contributed by atoms with Gasteiger partial charge in [-0.25, -0.2) is 0 Å². The number of hydrogen-bond donors (Lipinski definition) is 1. The van der Waals surface area contributed by atoms with Crippen LogP contribution in [0.25, 0.3) is 0 Å². The molecule has 15 heavy (non-hydrogen) atoms. The van der Waals surface area contributed by atoms with E-state index < -0.39 is 0 Å². The average molecular weight is 209 g/mol. The predicted molar refractivity (Wildman–Crippen MR) is 63.7 cm³/mol. The van der Waals surface area contributed by atoms with Gasteiger partial charge in [-0.05, 0) is 46.1 Å². The Kier molecular flexibility index (Phi) is 5.75. The van der Waals surface area contributed by atoms with Crippen molar-refractivity contribution in [3.05, 3.63) is 0 Å². The Bertz CT molecular complexity index is 199. The molecule has 1 aliphatic rings. The molecule has 0 bridgehead atoms. The Morgan fingerprint density at radius 1 is 1.27 bits per heavy atom. The fourth-order valence-corrected chi connectivity index (χ4v) is 2.23. The van der Waals surface area contributed by atoms with Gasteiger partial charge in [-0.2, -0.15) is 0 Å². The molecule has 2 nitrogen and oxygen atoms in total. The summed E-state index contributed by atoms with van der Waals surface area (Å²) < 4.78 is 5.69. The van der Waals surface area contributed by atoms with Crippen LogP contribution in [0.15, 0.2) is 0 Å². The van der Waals surface area contributed by atoms with E-state index in [-0.39, 0.29) is 0 Å². The Morgan fingerprint density at radius 2 is 1.93 bits per heavy atom. The molecule has 0 amide bonds. The van der Waals surface area contributed by atoms with Crippen molar-refractivity contribution in [2.75, 3.05) is 6.54 Å². The SMILES string of the molecule is C#CCCCCNC1CC(C)OC(C)C1. The monoisotopic (exact) mass is 209 g/mol. The van der Waals surface area contributed by atoms with E-state index in [1.807, 2.05) is 0 Å². The highest BCUT2D eigenvalue weighted by molar-refractivity contribution is 4.83. The van der Waals surface area contributed by atoms with Crippen LogP contribution in [0.1, 0.15) is 46.0 Å². The van der Waals surface area contributed by atoms with E-state index in [0.717, 1.165) is 32.2 Å². The molecule has 0 saturated carbocycles. The number of hydrogen-bond acceptors (Lipinski definition) is 2. The van der Waals surface area contributed by atoms with Crippen LogP contribution in [-0.2, 0) is 4.74 Å². The summed E-state index contributed by atoms with van der Waals surface area (Å²) in [7, 11) is 0. The van der Waals surface area contributed by atoms with Crippen LogP contribution >= 0.6 is 0 Å². The van der Waals surface area contributed by atoms with Crippen LogP contribution in [-0.4, -0.2) is 24.8 Å². The second kappa shape index (κ2) is 6.87. The van der Waals surface area contributed by atoms with Crippen molar-refractivity contribution in [3.8, 4) is 12.3 Å². The van der Waals surface area contributed by atoms with E-state index in [0.29, 0.717) is 18.2 Å². The molecular weight excluding hydrogens is 186 g/mol. The van der Waals surface area contributed by atoms with E-state index in [1.54, 1.807) is 0 Å². The Labute approximate surface area is 93.8 Å². The van der Waals surface area contributed by atoms with E-state index >= 15 is 0 Å². The van der Waals surface area contributed by atoms with Gasteiger partial charge in [-0.3, -0.25) is 0 Å². The summed E-state index contributed by atoms with van der Waals surface area (Å²) in [6.45, 7) is 5.40. The Balaban J connectivity index is 2.08. The van der Waals surface area contributed by atoms with E-state index in [2.05, 4.69) is 25.1 Å². The van der Waals surface area contributed by atoms with Crippen LogP contribution in [0.4, 0.5) is 0 Å². The second-order valence-electron chi connectivity index (χ2n) is 4.54. The van der Waals surface area contributed by atoms with Gasteiger partial charge < -0.3 is 10.1 Å². The smallest absolute Gasteiger partial charge is 0.0565 e. The standard InChI is InChI=1S/C13H23NO/c1-4-5-6-7-8-14-13-9-11(2)15-12(3)10-13/h1,11-14H,5-10H2,2-3H3. The molecule has 1 rings (SSSR count). The molecule has 1 saturated heterocycles. The minimum Gasteiger partial charge on any atom is -0.375 e. The lowest BCUT2D eigenvalue weighted by atomic mass is 10.00. The molecule has 0 spiro atoms. The van der Waals surface area contributed by atoms with Crippen LogP contribution in [0.3, 0.4) is 0 Å². The zero-order valence-corrected chi connectivity index (χ0v) is 9.96. The average Bonchev–Trinajstić information content (AvgIpc) is 2.16. The van der Waals surface area contributed by atoms with Gasteiger partial charge in [0.15, 0.2) is 0 Å². The first-order valence-corrected chi connectivity index (χ1v) is 6.04. The minimum atomic E-state index is 0.400. The van der Waals surface area contributed by atoms with Gasteiger partial charge in [-0.1, -0.05) is 0 Å². The van der Waals surface area contributed by atoms with Crippen molar-refractivity contribution in [2.24, 2.45) is 0 Å². The molecule has 1 aliphatic heterocycles. The first-order chi connectivity index (χ1) is 7.22. The number of unbranched alkanes of at least 4 members (excludes halogenated alkanes) is 2. The lowest BCUT2D eigenvalue weighted by Crippen LogP contribution is -2.41. The van der Waals surface area contributed by atoms with Crippen molar-refractivity contribution in [1.29, 1.82) is 0 Å². The predicted octanol–water partition coefficient (Wildman–Crippen LogP) is 2.34. The fraction of sp³-hybridized carbons (Fsp3) is 0.846. The van der Waals surface area contributed by atoms with Gasteiger partial charge in [0.1, 0.15) is 0 Å². The highest BCUT2D eigenvalue weighted by Crippen LogP contribution is 2.18. The first kappa shape index (κ1) is 12.5. The molecule has 0 aromatic rings. The minimum absolute atomic E-state index is 0.400. The van der Waals surface area contributed by atoms with Crippen LogP contribution in [0.2, 0.25) is 0 Å². The maximum absolute atomic E-state index is 5.69. The fourth-order valence-electron chi connectivity index (χ4n) is 2.23. The lowest BCUT2D eigenvalue weighted by molar-refractivity contribution is -0.0419. The van der Waals surface area contributed by atoms with Crippen molar-refractivity contribution in [2.45, 2.75) is 64.2 Å². The van der Waals surface area contributed by atoms with Crippen molar-refractivity contribution in [1.82, 2.24) is 5.32 Å². The number of terminal acetylenes is 1. The van der Waals surface area contributed by atoms with Gasteiger partial charge in [-0.15, -0.1) is 12.3 Å². The highest BCUT2D eigenvalue weighted by Gasteiger charge is 2.23. The summed E-state index contributed by atoms with van der Waals surface area (Å²) in [5, 5.41) is 3.59. The maximum atomic E-state index is 5.69. The molecule has 0 aromatic heterocycles. The van der Waals surface area contributed by atoms with Crippen molar-refractivity contribution in [3.63, 3.8) is 0 Å². The molecule has 0 radical (unpaired) electrons. The van der Waals surface area contributed by atoms with Gasteiger partial charge in [0, 0.05) is 12.5 Å². The summed E-state index contributed by atoms with van der Waals surface area (Å²) in [5.41, 5.74) is 0. The van der Waals surface area contributed by atoms with Gasteiger partial charge in [0.05, 0.1) is 12.2 Å². The molecule has 86 valence electrons. The third-order valence-corrected chi connectivity index (χ3v) is 2.88. The van der Waals surface area contributed by atoms with Crippen LogP contribution < -0.4 is 5.32 Å². The van der Waals surface area contributed by atoms with Gasteiger partial charge in [0.25, 0.3) is 0 Å². The van der Waals surface area contributed by atoms with Gasteiger partial charge >= 0.3 is 0 Å². The Morgan fingerprint density at radius 3 is 2.53 bits per heavy atom. The third-order valence-electron chi connectivity index (χ3n) is 2.88. The van der Waals surface area contributed by atoms with E-state index in [1.165, 1.54) is 6.42 Å². The molecule has 0 aliphatic carbocycles. The summed E-state index contributed by atoms with van der Waals surface area (Å²) in [6, 6.07) is 0.634. The van der Waals surface area contributed by atoms with Gasteiger partial charge in [0.2, 0.25) is 0 Å². The molecule has 0 aromatic carbocycles. The van der Waals surface area contributed by atoms with Crippen molar-refractivity contribution >= 4 is 0 Å².